The third-order valence-corrected chi connectivity index (χ3v) is 2.30. The van der Waals surface area contributed by atoms with Gasteiger partial charge in [-0.1, -0.05) is 0 Å². The van der Waals surface area contributed by atoms with Crippen LogP contribution in [0.3, 0.4) is 0 Å². The molecule has 7 nitrogen and oxygen atoms in total. The Kier molecular flexibility index (Phi) is 4.15. The van der Waals surface area contributed by atoms with Crippen LogP contribution in [0.15, 0.2) is 0 Å². The molecule has 1 heterocycles. The predicted molar refractivity (Wildman–Crippen MR) is 62.0 cm³/mol. The quantitative estimate of drug-likeness (QED) is 0.761. The Morgan fingerprint density at radius 2 is 1.94 bits per heavy atom. The first-order chi connectivity index (χ1) is 8.19. The number of rotatable bonds is 2. The Morgan fingerprint density at radius 1 is 1.33 bits per heavy atom. The molecule has 2 amide bonds. The minimum atomic E-state index is -1.06. The van der Waals surface area contributed by atoms with Crippen LogP contribution in [0.5, 0.6) is 0 Å². The van der Waals surface area contributed by atoms with E-state index >= 15 is 0 Å². The van der Waals surface area contributed by atoms with Crippen LogP contribution < -0.4 is 0 Å². The van der Waals surface area contributed by atoms with E-state index in [9.17, 15) is 14.4 Å². The van der Waals surface area contributed by atoms with Gasteiger partial charge in [0.15, 0.2) is 0 Å². The number of hydrogen-bond acceptors (Lipinski definition) is 4. The number of carboxylic acid groups (broad SMARTS) is 1. The third kappa shape index (κ3) is 4.23. The maximum atomic E-state index is 11.7. The van der Waals surface area contributed by atoms with E-state index in [1.807, 2.05) is 0 Å². The molecule has 1 aliphatic heterocycles. The second kappa shape index (κ2) is 5.24. The van der Waals surface area contributed by atoms with E-state index in [4.69, 9.17) is 9.84 Å². The van der Waals surface area contributed by atoms with Gasteiger partial charge < -0.3 is 14.7 Å². The molecule has 0 aromatic rings. The molecule has 0 saturated carbocycles. The van der Waals surface area contributed by atoms with Crippen LogP contribution in [0.2, 0.25) is 0 Å². The molecule has 0 aromatic carbocycles. The maximum Gasteiger partial charge on any atom is 0.410 e. The largest absolute Gasteiger partial charge is 0.480 e. The minimum absolute atomic E-state index is 0.137. The highest BCUT2D eigenvalue weighted by molar-refractivity contribution is 5.86. The molecule has 0 aromatic heterocycles. The zero-order valence-electron chi connectivity index (χ0n) is 10.8. The van der Waals surface area contributed by atoms with Crippen LogP contribution in [-0.2, 0) is 14.3 Å². The van der Waals surface area contributed by atoms with Crippen LogP contribution >= 0.6 is 0 Å². The van der Waals surface area contributed by atoms with Crippen molar-refractivity contribution in [3.8, 4) is 0 Å². The average molecular weight is 258 g/mol. The van der Waals surface area contributed by atoms with Gasteiger partial charge >= 0.3 is 12.1 Å². The Hall–Kier alpha value is -1.79. The molecule has 102 valence electrons. The van der Waals surface area contributed by atoms with Gasteiger partial charge in [-0.15, -0.1) is 0 Å². The van der Waals surface area contributed by atoms with E-state index in [1.165, 1.54) is 9.80 Å². The van der Waals surface area contributed by atoms with Crippen molar-refractivity contribution >= 4 is 18.0 Å². The van der Waals surface area contributed by atoms with Crippen LogP contribution in [0.25, 0.3) is 0 Å². The molecule has 0 bridgehead atoms. The van der Waals surface area contributed by atoms with Gasteiger partial charge in [0.05, 0.1) is 0 Å². The zero-order chi connectivity index (χ0) is 13.9. The fourth-order valence-corrected chi connectivity index (χ4v) is 1.52. The van der Waals surface area contributed by atoms with Crippen LogP contribution in [-0.4, -0.2) is 64.7 Å². The van der Waals surface area contributed by atoms with Crippen molar-refractivity contribution in [3.63, 3.8) is 0 Å². The molecular weight excluding hydrogens is 240 g/mol. The second-order valence-electron chi connectivity index (χ2n) is 5.11. The standard InChI is InChI=1S/C11H18N2O5/c1-11(2,3)18-10(17)13-5-4-12(7-9(15)16)8(14)6-13/h4-7H2,1-3H3,(H,15,16). The number of ether oxygens (including phenoxy) is 1. The van der Waals surface area contributed by atoms with Crippen molar-refractivity contribution in [1.29, 1.82) is 0 Å². The fraction of sp³-hybridized carbons (Fsp3) is 0.727. The van der Waals surface area contributed by atoms with Crippen molar-refractivity contribution in [1.82, 2.24) is 9.80 Å². The molecule has 7 heteroatoms. The molecule has 1 N–H and O–H groups in total. The monoisotopic (exact) mass is 258 g/mol. The number of nitrogens with zero attached hydrogens (tertiary/aromatic N) is 2. The molecule has 0 aliphatic carbocycles. The highest BCUT2D eigenvalue weighted by atomic mass is 16.6. The summed E-state index contributed by atoms with van der Waals surface area (Å²) in [5.74, 6) is -1.44. The summed E-state index contributed by atoms with van der Waals surface area (Å²) in [6.07, 6.45) is -0.550. The van der Waals surface area contributed by atoms with Gasteiger partial charge in [-0.2, -0.15) is 0 Å². The van der Waals surface area contributed by atoms with E-state index in [-0.39, 0.29) is 32.1 Å². The van der Waals surface area contributed by atoms with E-state index in [0.717, 1.165) is 0 Å². The summed E-state index contributed by atoms with van der Waals surface area (Å²) in [5, 5.41) is 8.61. The van der Waals surface area contributed by atoms with Crippen molar-refractivity contribution in [2.75, 3.05) is 26.2 Å². The summed E-state index contributed by atoms with van der Waals surface area (Å²) in [4.78, 5) is 36.3. The summed E-state index contributed by atoms with van der Waals surface area (Å²) in [5.41, 5.74) is -0.613. The molecule has 0 unspecified atom stereocenters. The highest BCUT2D eigenvalue weighted by Gasteiger charge is 2.30. The SMILES string of the molecule is CC(C)(C)OC(=O)N1CCN(CC(=O)O)C(=O)C1. The summed E-state index contributed by atoms with van der Waals surface area (Å²) in [6, 6.07) is 0. The van der Waals surface area contributed by atoms with Crippen LogP contribution in [0.4, 0.5) is 4.79 Å². The van der Waals surface area contributed by atoms with Crippen LogP contribution in [0.1, 0.15) is 20.8 Å². The molecule has 1 saturated heterocycles. The van der Waals surface area contributed by atoms with Gasteiger partial charge in [0, 0.05) is 13.1 Å². The van der Waals surface area contributed by atoms with E-state index in [1.54, 1.807) is 20.8 Å². The van der Waals surface area contributed by atoms with E-state index in [0.29, 0.717) is 0 Å². The number of carbonyl (C=O) groups is 3. The van der Waals surface area contributed by atoms with Gasteiger partial charge in [0.1, 0.15) is 18.7 Å². The zero-order valence-corrected chi connectivity index (χ0v) is 10.8. The average Bonchev–Trinajstić information content (AvgIpc) is 2.17. The van der Waals surface area contributed by atoms with E-state index in [2.05, 4.69) is 0 Å². The highest BCUT2D eigenvalue weighted by Crippen LogP contribution is 2.12. The first-order valence-electron chi connectivity index (χ1n) is 5.66. The Balaban J connectivity index is 2.53. The number of piperazine rings is 1. The smallest absolute Gasteiger partial charge is 0.410 e. The molecule has 0 radical (unpaired) electrons. The Bertz CT molecular complexity index is 361. The number of carbonyl (C=O) groups excluding carboxylic acids is 2. The summed E-state index contributed by atoms with van der Waals surface area (Å²) in [6.45, 7) is 5.26. The summed E-state index contributed by atoms with van der Waals surface area (Å²) in [7, 11) is 0. The van der Waals surface area contributed by atoms with Crippen molar-refractivity contribution in [3.05, 3.63) is 0 Å². The molecule has 1 fully saturated rings. The number of hydrogen-bond donors (Lipinski definition) is 1. The molecule has 1 rings (SSSR count). The lowest BCUT2D eigenvalue weighted by molar-refractivity contribution is -0.146. The third-order valence-electron chi connectivity index (χ3n) is 2.30. The van der Waals surface area contributed by atoms with Gasteiger partial charge in [-0.05, 0) is 20.8 Å². The van der Waals surface area contributed by atoms with Gasteiger partial charge in [-0.25, -0.2) is 4.79 Å². The molecule has 18 heavy (non-hydrogen) atoms. The maximum absolute atomic E-state index is 11.7. The Labute approximate surface area is 105 Å². The lowest BCUT2D eigenvalue weighted by Gasteiger charge is -2.34. The molecule has 1 aliphatic rings. The van der Waals surface area contributed by atoms with Gasteiger partial charge in [0.25, 0.3) is 0 Å². The lowest BCUT2D eigenvalue weighted by atomic mass is 10.2. The number of amides is 2. The number of carboxylic acids is 1. The lowest BCUT2D eigenvalue weighted by Crippen LogP contribution is -2.54. The minimum Gasteiger partial charge on any atom is -0.480 e. The summed E-state index contributed by atoms with van der Waals surface area (Å²) >= 11 is 0. The normalized spacial score (nSPS) is 16.7. The second-order valence-corrected chi connectivity index (χ2v) is 5.11. The topological polar surface area (TPSA) is 87.2 Å². The summed E-state index contributed by atoms with van der Waals surface area (Å²) < 4.78 is 5.14. The van der Waals surface area contributed by atoms with Gasteiger partial charge in [-0.3, -0.25) is 14.5 Å². The van der Waals surface area contributed by atoms with Crippen molar-refractivity contribution < 1.29 is 24.2 Å². The predicted octanol–water partition coefficient (Wildman–Crippen LogP) is 0.150. The first kappa shape index (κ1) is 14.3. The van der Waals surface area contributed by atoms with Crippen LogP contribution in [0, 0.1) is 0 Å². The first-order valence-corrected chi connectivity index (χ1v) is 5.66. The van der Waals surface area contributed by atoms with E-state index < -0.39 is 17.7 Å². The number of aliphatic carboxylic acids is 1. The van der Waals surface area contributed by atoms with Crippen molar-refractivity contribution in [2.24, 2.45) is 0 Å². The van der Waals surface area contributed by atoms with Crippen molar-refractivity contribution in [2.45, 2.75) is 26.4 Å². The molecule has 0 spiro atoms. The van der Waals surface area contributed by atoms with Gasteiger partial charge in [0.2, 0.25) is 5.91 Å². The molecule has 0 atom stereocenters. The fourth-order valence-electron chi connectivity index (χ4n) is 1.52. The Morgan fingerprint density at radius 3 is 2.39 bits per heavy atom. The molecular formula is C11H18N2O5.